The number of ketones is 1. The standard InChI is InChI=1S/C19H15NO3/c1-20-11-12(14-5-3-4-6-16(14)20)9-18-19(21)15-8-7-13(22-2)10-17(15)23-18/h3-11H,1-2H3. The Labute approximate surface area is 133 Å². The Hall–Kier alpha value is -3.01. The summed E-state index contributed by atoms with van der Waals surface area (Å²) in [5.41, 5.74) is 2.65. The fraction of sp³-hybridized carbons (Fsp3) is 0.105. The monoisotopic (exact) mass is 305 g/mol. The number of carbonyl (C=O) groups is 1. The van der Waals surface area contributed by atoms with Crippen LogP contribution >= 0.6 is 0 Å². The summed E-state index contributed by atoms with van der Waals surface area (Å²) in [5, 5.41) is 1.09. The molecule has 0 N–H and O–H groups in total. The van der Waals surface area contributed by atoms with Gasteiger partial charge >= 0.3 is 0 Å². The molecule has 1 aliphatic heterocycles. The highest BCUT2D eigenvalue weighted by atomic mass is 16.5. The summed E-state index contributed by atoms with van der Waals surface area (Å²) >= 11 is 0. The van der Waals surface area contributed by atoms with Gasteiger partial charge in [-0.3, -0.25) is 4.79 Å². The maximum Gasteiger partial charge on any atom is 0.231 e. The van der Waals surface area contributed by atoms with E-state index in [2.05, 4.69) is 0 Å². The molecule has 23 heavy (non-hydrogen) atoms. The van der Waals surface area contributed by atoms with E-state index >= 15 is 0 Å². The number of ether oxygens (including phenoxy) is 2. The molecule has 114 valence electrons. The van der Waals surface area contributed by atoms with E-state index in [1.54, 1.807) is 31.4 Å². The van der Waals surface area contributed by atoms with E-state index in [1.165, 1.54) is 0 Å². The first-order valence-corrected chi connectivity index (χ1v) is 7.34. The van der Waals surface area contributed by atoms with E-state index in [0.717, 1.165) is 16.5 Å². The number of methoxy groups -OCH3 is 1. The molecule has 2 aromatic carbocycles. The second kappa shape index (κ2) is 5.02. The van der Waals surface area contributed by atoms with Gasteiger partial charge in [0.1, 0.15) is 11.5 Å². The Morgan fingerprint density at radius 1 is 1.17 bits per heavy atom. The molecular weight excluding hydrogens is 290 g/mol. The highest BCUT2D eigenvalue weighted by molar-refractivity contribution is 6.15. The molecule has 0 radical (unpaired) electrons. The number of carbonyl (C=O) groups excluding carboxylic acids is 1. The largest absolute Gasteiger partial charge is 0.497 e. The molecule has 0 fully saturated rings. The molecule has 1 aliphatic rings. The van der Waals surface area contributed by atoms with Crippen molar-refractivity contribution in [2.75, 3.05) is 7.11 Å². The van der Waals surface area contributed by atoms with Crippen LogP contribution in [0.15, 0.2) is 54.4 Å². The molecule has 0 aliphatic carbocycles. The first-order valence-electron chi connectivity index (χ1n) is 7.34. The smallest absolute Gasteiger partial charge is 0.231 e. The second-order valence-corrected chi connectivity index (χ2v) is 5.51. The van der Waals surface area contributed by atoms with Gasteiger partial charge in [0.25, 0.3) is 0 Å². The molecule has 3 aromatic rings. The molecule has 0 amide bonds. The van der Waals surface area contributed by atoms with Crippen LogP contribution in [0.3, 0.4) is 0 Å². The van der Waals surface area contributed by atoms with E-state index in [-0.39, 0.29) is 5.78 Å². The number of allylic oxidation sites excluding steroid dienone is 1. The van der Waals surface area contributed by atoms with Crippen LogP contribution in [0.4, 0.5) is 0 Å². The maximum atomic E-state index is 12.5. The molecule has 0 unspecified atom stereocenters. The van der Waals surface area contributed by atoms with Crippen LogP contribution in [0, 0.1) is 0 Å². The lowest BCUT2D eigenvalue weighted by atomic mass is 10.1. The molecular formula is C19H15NO3. The van der Waals surface area contributed by atoms with Gasteiger partial charge < -0.3 is 14.0 Å². The molecule has 4 nitrogen and oxygen atoms in total. The van der Waals surface area contributed by atoms with Crippen LogP contribution in [0.25, 0.3) is 17.0 Å². The summed E-state index contributed by atoms with van der Waals surface area (Å²) < 4.78 is 13.0. The van der Waals surface area contributed by atoms with Crippen molar-refractivity contribution in [1.82, 2.24) is 4.57 Å². The van der Waals surface area contributed by atoms with Crippen molar-refractivity contribution in [3.8, 4) is 11.5 Å². The van der Waals surface area contributed by atoms with E-state index in [1.807, 2.05) is 42.1 Å². The lowest BCUT2D eigenvalue weighted by Crippen LogP contribution is -1.97. The predicted molar refractivity (Wildman–Crippen MR) is 88.8 cm³/mol. The Balaban J connectivity index is 1.79. The molecule has 0 saturated carbocycles. The average molecular weight is 305 g/mol. The summed E-state index contributed by atoms with van der Waals surface area (Å²) in [4.78, 5) is 12.5. The molecule has 0 atom stereocenters. The normalized spacial score (nSPS) is 15.0. The Kier molecular flexibility index (Phi) is 2.98. The Bertz CT molecular complexity index is 966. The molecule has 0 saturated heterocycles. The average Bonchev–Trinajstić information content (AvgIpc) is 3.06. The summed E-state index contributed by atoms with van der Waals surface area (Å²) in [7, 11) is 3.58. The minimum Gasteiger partial charge on any atom is -0.497 e. The van der Waals surface area contributed by atoms with Crippen LogP contribution in [-0.4, -0.2) is 17.5 Å². The first-order chi connectivity index (χ1) is 11.2. The SMILES string of the molecule is COc1ccc2c(c1)OC(=Cc1cn(C)c3ccccc13)C2=O. The van der Waals surface area contributed by atoms with Crippen molar-refractivity contribution < 1.29 is 14.3 Å². The molecule has 4 heteroatoms. The highest BCUT2D eigenvalue weighted by Gasteiger charge is 2.28. The van der Waals surface area contributed by atoms with Crippen molar-refractivity contribution in [3.05, 3.63) is 65.5 Å². The van der Waals surface area contributed by atoms with Gasteiger partial charge in [0.05, 0.1) is 12.7 Å². The van der Waals surface area contributed by atoms with E-state index in [4.69, 9.17) is 9.47 Å². The summed E-state index contributed by atoms with van der Waals surface area (Å²) in [6.45, 7) is 0. The zero-order valence-corrected chi connectivity index (χ0v) is 12.9. The topological polar surface area (TPSA) is 40.5 Å². The Morgan fingerprint density at radius 3 is 2.83 bits per heavy atom. The van der Waals surface area contributed by atoms with Crippen molar-refractivity contribution in [2.24, 2.45) is 7.05 Å². The van der Waals surface area contributed by atoms with Crippen molar-refractivity contribution in [1.29, 1.82) is 0 Å². The molecule has 2 heterocycles. The Morgan fingerprint density at radius 2 is 2.00 bits per heavy atom. The summed E-state index contributed by atoms with van der Waals surface area (Å²) in [5.74, 6) is 1.45. The number of aromatic nitrogens is 1. The van der Waals surface area contributed by atoms with Gasteiger partial charge in [-0.1, -0.05) is 18.2 Å². The number of Topliss-reactive ketones (excluding diaryl/α,β-unsaturated/α-hetero) is 1. The van der Waals surface area contributed by atoms with Crippen LogP contribution in [0.5, 0.6) is 11.5 Å². The van der Waals surface area contributed by atoms with Crippen LogP contribution in [0.1, 0.15) is 15.9 Å². The second-order valence-electron chi connectivity index (χ2n) is 5.51. The van der Waals surface area contributed by atoms with Gasteiger partial charge in [-0.05, 0) is 24.3 Å². The quantitative estimate of drug-likeness (QED) is 0.676. The van der Waals surface area contributed by atoms with Gasteiger partial charge in [0, 0.05) is 35.8 Å². The number of benzene rings is 2. The molecule has 1 aromatic heterocycles. The third-order valence-electron chi connectivity index (χ3n) is 4.09. The first kappa shape index (κ1) is 13.6. The fourth-order valence-corrected chi connectivity index (χ4v) is 2.92. The predicted octanol–water partition coefficient (Wildman–Crippen LogP) is 3.80. The number of nitrogens with zero attached hydrogens (tertiary/aromatic N) is 1. The maximum absolute atomic E-state index is 12.5. The van der Waals surface area contributed by atoms with Crippen LogP contribution in [0.2, 0.25) is 0 Å². The van der Waals surface area contributed by atoms with Gasteiger partial charge in [-0.15, -0.1) is 0 Å². The molecule has 0 bridgehead atoms. The lowest BCUT2D eigenvalue weighted by molar-refractivity contribution is 0.101. The van der Waals surface area contributed by atoms with Crippen molar-refractivity contribution >= 4 is 22.8 Å². The van der Waals surface area contributed by atoms with E-state index in [9.17, 15) is 4.79 Å². The van der Waals surface area contributed by atoms with E-state index in [0.29, 0.717) is 22.8 Å². The highest BCUT2D eigenvalue weighted by Crippen LogP contribution is 2.35. The summed E-state index contributed by atoms with van der Waals surface area (Å²) in [6, 6.07) is 13.3. The number of hydrogen-bond donors (Lipinski definition) is 0. The molecule has 4 rings (SSSR count). The van der Waals surface area contributed by atoms with Gasteiger partial charge in [0.2, 0.25) is 5.78 Å². The number of fused-ring (bicyclic) bond motifs is 2. The van der Waals surface area contributed by atoms with Gasteiger partial charge in [-0.2, -0.15) is 0 Å². The fourth-order valence-electron chi connectivity index (χ4n) is 2.92. The molecule has 0 spiro atoms. The minimum absolute atomic E-state index is 0.101. The lowest BCUT2D eigenvalue weighted by Gasteiger charge is -2.01. The zero-order chi connectivity index (χ0) is 16.0. The van der Waals surface area contributed by atoms with Gasteiger partial charge in [-0.25, -0.2) is 0 Å². The van der Waals surface area contributed by atoms with Gasteiger partial charge in [0.15, 0.2) is 5.76 Å². The number of hydrogen-bond acceptors (Lipinski definition) is 3. The number of rotatable bonds is 2. The van der Waals surface area contributed by atoms with E-state index < -0.39 is 0 Å². The minimum atomic E-state index is -0.101. The number of aryl methyl sites for hydroxylation is 1. The summed E-state index contributed by atoms with van der Waals surface area (Å²) in [6.07, 6.45) is 3.80. The number of para-hydroxylation sites is 1. The van der Waals surface area contributed by atoms with Crippen molar-refractivity contribution in [3.63, 3.8) is 0 Å². The third-order valence-corrected chi connectivity index (χ3v) is 4.09. The van der Waals surface area contributed by atoms with Crippen molar-refractivity contribution in [2.45, 2.75) is 0 Å². The third kappa shape index (κ3) is 2.11. The zero-order valence-electron chi connectivity index (χ0n) is 12.9. The van der Waals surface area contributed by atoms with Crippen LogP contribution < -0.4 is 9.47 Å². The van der Waals surface area contributed by atoms with Crippen LogP contribution in [-0.2, 0) is 7.05 Å².